The van der Waals surface area contributed by atoms with Crippen molar-refractivity contribution in [3.63, 3.8) is 0 Å². The second kappa shape index (κ2) is 5.62. The first-order valence-corrected chi connectivity index (χ1v) is 7.02. The van der Waals surface area contributed by atoms with Gasteiger partial charge in [0, 0.05) is 37.4 Å². The molecule has 20 heavy (non-hydrogen) atoms. The fourth-order valence-corrected chi connectivity index (χ4v) is 2.89. The van der Waals surface area contributed by atoms with Gasteiger partial charge in [-0.05, 0) is 18.9 Å². The lowest BCUT2D eigenvalue weighted by Crippen LogP contribution is -2.59. The Hall–Kier alpha value is -1.89. The number of rotatable bonds is 2. The van der Waals surface area contributed by atoms with Gasteiger partial charge in [-0.3, -0.25) is 20.0 Å². The zero-order valence-electron chi connectivity index (χ0n) is 11.3. The number of hydrogen-bond acceptors (Lipinski definition) is 4. The van der Waals surface area contributed by atoms with Gasteiger partial charge < -0.3 is 10.2 Å². The van der Waals surface area contributed by atoms with Crippen LogP contribution >= 0.6 is 0 Å². The number of piperidine rings is 1. The first-order chi connectivity index (χ1) is 9.74. The summed E-state index contributed by atoms with van der Waals surface area (Å²) in [5, 5.41) is 12.7. The zero-order valence-corrected chi connectivity index (χ0v) is 11.3. The summed E-state index contributed by atoms with van der Waals surface area (Å²) in [5.41, 5.74) is 1.09. The van der Waals surface area contributed by atoms with E-state index in [1.807, 2.05) is 11.0 Å². The molecule has 3 N–H and O–H groups in total. The highest BCUT2D eigenvalue weighted by Crippen LogP contribution is 2.25. The molecule has 2 fully saturated rings. The van der Waals surface area contributed by atoms with Crippen molar-refractivity contribution in [2.75, 3.05) is 26.2 Å². The van der Waals surface area contributed by atoms with Crippen LogP contribution < -0.4 is 10.6 Å². The number of hydrogen-bond donors (Lipinski definition) is 3. The number of likely N-dealkylation sites (tertiary alicyclic amines) is 1. The molecule has 1 aromatic rings. The van der Waals surface area contributed by atoms with Gasteiger partial charge in [-0.15, -0.1) is 0 Å². The molecule has 7 nitrogen and oxygen atoms in total. The van der Waals surface area contributed by atoms with Crippen LogP contribution in [0.1, 0.15) is 24.5 Å². The Balaban J connectivity index is 1.61. The monoisotopic (exact) mass is 277 g/mol. The normalized spacial score (nSPS) is 27.2. The molecule has 2 unspecified atom stereocenters. The average Bonchev–Trinajstić information content (AvgIpc) is 3.02. The second-order valence-corrected chi connectivity index (χ2v) is 5.37. The van der Waals surface area contributed by atoms with E-state index >= 15 is 0 Å². The van der Waals surface area contributed by atoms with Crippen molar-refractivity contribution in [1.29, 1.82) is 0 Å². The van der Waals surface area contributed by atoms with Crippen LogP contribution in [0.3, 0.4) is 0 Å². The minimum Gasteiger partial charge on any atom is -0.353 e. The number of amides is 2. The third-order valence-electron chi connectivity index (χ3n) is 4.01. The molecule has 2 saturated heterocycles. The van der Waals surface area contributed by atoms with Gasteiger partial charge in [-0.1, -0.05) is 0 Å². The maximum absolute atomic E-state index is 12.5. The van der Waals surface area contributed by atoms with Gasteiger partial charge in [0.15, 0.2) is 0 Å². The molecule has 0 radical (unpaired) electrons. The molecule has 1 aromatic heterocycles. The number of H-pyrrole nitrogens is 1. The third-order valence-corrected chi connectivity index (χ3v) is 4.01. The molecule has 2 atom stereocenters. The molecule has 7 heteroatoms. The van der Waals surface area contributed by atoms with Gasteiger partial charge in [0.05, 0.1) is 6.54 Å². The summed E-state index contributed by atoms with van der Waals surface area (Å²) < 4.78 is 0. The number of piperazine rings is 1. The third kappa shape index (κ3) is 2.67. The van der Waals surface area contributed by atoms with Crippen molar-refractivity contribution in [1.82, 2.24) is 25.7 Å². The van der Waals surface area contributed by atoms with E-state index in [2.05, 4.69) is 20.8 Å². The van der Waals surface area contributed by atoms with E-state index in [9.17, 15) is 9.59 Å². The average molecular weight is 277 g/mol. The number of carbonyl (C=O) groups is 2. The molecule has 0 aliphatic carbocycles. The van der Waals surface area contributed by atoms with Crippen molar-refractivity contribution in [2.45, 2.75) is 24.8 Å². The summed E-state index contributed by atoms with van der Waals surface area (Å²) in [4.78, 5) is 25.5. The molecule has 0 aromatic carbocycles. The maximum Gasteiger partial charge on any atom is 0.241 e. The second-order valence-electron chi connectivity index (χ2n) is 5.37. The van der Waals surface area contributed by atoms with Crippen molar-refractivity contribution in [2.24, 2.45) is 0 Å². The molecular weight excluding hydrogens is 258 g/mol. The molecule has 0 spiro atoms. The quantitative estimate of drug-likeness (QED) is 0.660. The molecule has 2 aliphatic rings. The predicted octanol–water partition coefficient (Wildman–Crippen LogP) is -0.796. The van der Waals surface area contributed by atoms with Crippen LogP contribution in [0.15, 0.2) is 12.3 Å². The van der Waals surface area contributed by atoms with Gasteiger partial charge in [0.1, 0.15) is 6.04 Å². The lowest BCUT2D eigenvalue weighted by Gasteiger charge is -2.35. The van der Waals surface area contributed by atoms with E-state index in [0.717, 1.165) is 25.1 Å². The number of nitrogens with one attached hydrogen (secondary N) is 3. The molecule has 2 aliphatic heterocycles. The molecular formula is C13H19N5O2. The van der Waals surface area contributed by atoms with E-state index in [0.29, 0.717) is 19.0 Å². The van der Waals surface area contributed by atoms with Crippen LogP contribution in [0, 0.1) is 0 Å². The largest absolute Gasteiger partial charge is 0.353 e. The SMILES string of the molecule is O=C1CNC(C(=O)N2CCCC(c3ccn[nH]3)C2)CN1. The highest BCUT2D eigenvalue weighted by atomic mass is 16.2. The molecule has 3 rings (SSSR count). The van der Waals surface area contributed by atoms with Crippen LogP contribution in [0.2, 0.25) is 0 Å². The molecule has 2 amide bonds. The highest BCUT2D eigenvalue weighted by molar-refractivity contribution is 5.86. The molecule has 108 valence electrons. The summed E-state index contributed by atoms with van der Waals surface area (Å²) >= 11 is 0. The Kier molecular flexibility index (Phi) is 3.68. The minimum atomic E-state index is -0.298. The lowest BCUT2D eigenvalue weighted by molar-refractivity contribution is -0.136. The Bertz CT molecular complexity index is 477. The molecule has 3 heterocycles. The first-order valence-electron chi connectivity index (χ1n) is 7.02. The number of aromatic amines is 1. The van der Waals surface area contributed by atoms with E-state index < -0.39 is 0 Å². The Morgan fingerprint density at radius 3 is 3.05 bits per heavy atom. The maximum atomic E-state index is 12.5. The Morgan fingerprint density at radius 1 is 1.45 bits per heavy atom. The summed E-state index contributed by atoms with van der Waals surface area (Å²) in [7, 11) is 0. The summed E-state index contributed by atoms with van der Waals surface area (Å²) in [6.45, 7) is 2.10. The number of aromatic nitrogens is 2. The fourth-order valence-electron chi connectivity index (χ4n) is 2.89. The standard InChI is InChI=1S/C13H19N5O2/c19-12-7-14-11(6-15-12)13(20)18-5-1-2-9(8-18)10-3-4-16-17-10/h3-4,9,11,14H,1-2,5-8H2,(H,15,19)(H,16,17). The zero-order chi connectivity index (χ0) is 13.9. The Labute approximate surface area is 117 Å². The number of nitrogens with zero attached hydrogens (tertiary/aromatic N) is 2. The molecule has 0 saturated carbocycles. The lowest BCUT2D eigenvalue weighted by atomic mass is 9.94. The van der Waals surface area contributed by atoms with Gasteiger partial charge in [0.25, 0.3) is 0 Å². The van der Waals surface area contributed by atoms with Crippen molar-refractivity contribution < 1.29 is 9.59 Å². The van der Waals surface area contributed by atoms with Crippen molar-refractivity contribution in [3.05, 3.63) is 18.0 Å². The summed E-state index contributed by atoms with van der Waals surface area (Å²) in [5.74, 6) is 0.352. The van der Waals surface area contributed by atoms with Gasteiger partial charge >= 0.3 is 0 Å². The van der Waals surface area contributed by atoms with E-state index in [1.165, 1.54) is 0 Å². The predicted molar refractivity (Wildman–Crippen MR) is 71.9 cm³/mol. The van der Waals surface area contributed by atoms with Gasteiger partial charge in [-0.25, -0.2) is 0 Å². The van der Waals surface area contributed by atoms with Crippen LogP contribution in [-0.2, 0) is 9.59 Å². The van der Waals surface area contributed by atoms with Crippen molar-refractivity contribution in [3.8, 4) is 0 Å². The van der Waals surface area contributed by atoms with Crippen molar-refractivity contribution >= 4 is 11.8 Å². The topological polar surface area (TPSA) is 90.1 Å². The van der Waals surface area contributed by atoms with Gasteiger partial charge in [0.2, 0.25) is 11.8 Å². The van der Waals surface area contributed by atoms with Crippen LogP contribution in [0.4, 0.5) is 0 Å². The van der Waals surface area contributed by atoms with E-state index in [-0.39, 0.29) is 24.4 Å². The highest BCUT2D eigenvalue weighted by Gasteiger charge is 2.31. The van der Waals surface area contributed by atoms with Crippen LogP contribution in [-0.4, -0.2) is 59.1 Å². The Morgan fingerprint density at radius 2 is 2.35 bits per heavy atom. The smallest absolute Gasteiger partial charge is 0.241 e. The van der Waals surface area contributed by atoms with Crippen LogP contribution in [0.5, 0.6) is 0 Å². The minimum absolute atomic E-state index is 0.0527. The van der Waals surface area contributed by atoms with E-state index in [1.54, 1.807) is 6.20 Å². The van der Waals surface area contributed by atoms with E-state index in [4.69, 9.17) is 0 Å². The first kappa shape index (κ1) is 13.1. The van der Waals surface area contributed by atoms with Gasteiger partial charge in [-0.2, -0.15) is 5.10 Å². The number of carbonyl (C=O) groups excluding carboxylic acids is 2. The van der Waals surface area contributed by atoms with Crippen LogP contribution in [0.25, 0.3) is 0 Å². The summed E-state index contributed by atoms with van der Waals surface area (Å²) in [6.07, 6.45) is 3.81. The molecule has 0 bridgehead atoms. The summed E-state index contributed by atoms with van der Waals surface area (Å²) in [6, 6.07) is 1.67. The fraction of sp³-hybridized carbons (Fsp3) is 0.615.